The smallest absolute Gasteiger partial charge is 0.252 e. The first-order chi connectivity index (χ1) is 7.91. The maximum Gasteiger partial charge on any atom is 0.252 e. The molecule has 96 valence electrons. The van der Waals surface area contributed by atoms with Crippen LogP contribution in [0.15, 0.2) is 14.1 Å². The number of hydrogen-bond donors (Lipinski definition) is 1. The summed E-state index contributed by atoms with van der Waals surface area (Å²) >= 11 is 4.65. The van der Waals surface area contributed by atoms with E-state index in [0.29, 0.717) is 23.8 Å². The SMILES string of the molecule is Cc1cc(S(=O)(=O)N2CCN[C@@H](C)C2)sc1Br. The van der Waals surface area contributed by atoms with Crippen molar-refractivity contribution in [3.63, 3.8) is 0 Å². The number of nitrogens with zero attached hydrogens (tertiary/aromatic N) is 1. The van der Waals surface area contributed by atoms with Gasteiger partial charge < -0.3 is 5.32 Å². The van der Waals surface area contributed by atoms with Crippen LogP contribution in [0.25, 0.3) is 0 Å². The first-order valence-corrected chi connectivity index (χ1v) is 8.45. The molecule has 1 atom stereocenters. The molecule has 1 aliphatic heterocycles. The summed E-state index contributed by atoms with van der Waals surface area (Å²) in [5.74, 6) is 0. The zero-order chi connectivity index (χ0) is 12.6. The minimum Gasteiger partial charge on any atom is -0.312 e. The lowest BCUT2D eigenvalue weighted by atomic mass is 10.3. The van der Waals surface area contributed by atoms with E-state index in [2.05, 4.69) is 21.2 Å². The second-order valence-corrected chi connectivity index (χ2v) is 8.78. The van der Waals surface area contributed by atoms with Crippen molar-refractivity contribution in [1.29, 1.82) is 0 Å². The van der Waals surface area contributed by atoms with E-state index in [1.54, 1.807) is 10.4 Å². The summed E-state index contributed by atoms with van der Waals surface area (Å²) in [6.45, 7) is 5.70. The molecule has 0 aromatic carbocycles. The number of halogens is 1. The Kier molecular flexibility index (Phi) is 3.94. The first-order valence-electron chi connectivity index (χ1n) is 5.40. The fraction of sp³-hybridized carbons (Fsp3) is 0.600. The summed E-state index contributed by atoms with van der Waals surface area (Å²) in [7, 11) is -3.31. The molecule has 7 heteroatoms. The van der Waals surface area contributed by atoms with Gasteiger partial charge in [-0.2, -0.15) is 4.31 Å². The quantitative estimate of drug-likeness (QED) is 0.894. The van der Waals surface area contributed by atoms with Gasteiger partial charge in [0.2, 0.25) is 0 Å². The van der Waals surface area contributed by atoms with E-state index in [-0.39, 0.29) is 6.04 Å². The molecule has 1 fully saturated rings. The van der Waals surface area contributed by atoms with Gasteiger partial charge in [-0.3, -0.25) is 0 Å². The molecule has 1 aromatic rings. The predicted octanol–water partition coefficient (Wildman–Crippen LogP) is 1.80. The second kappa shape index (κ2) is 4.97. The highest BCUT2D eigenvalue weighted by molar-refractivity contribution is 9.11. The molecule has 1 aliphatic rings. The molecule has 0 saturated carbocycles. The Morgan fingerprint density at radius 2 is 2.29 bits per heavy atom. The third kappa shape index (κ3) is 2.73. The maximum absolute atomic E-state index is 12.4. The lowest BCUT2D eigenvalue weighted by Gasteiger charge is -2.30. The van der Waals surface area contributed by atoms with Gasteiger partial charge >= 0.3 is 0 Å². The fourth-order valence-corrected chi connectivity index (χ4v) is 5.71. The van der Waals surface area contributed by atoms with Crippen molar-refractivity contribution < 1.29 is 8.42 Å². The molecule has 1 saturated heterocycles. The van der Waals surface area contributed by atoms with Crippen molar-refractivity contribution in [2.75, 3.05) is 19.6 Å². The first kappa shape index (κ1) is 13.5. The van der Waals surface area contributed by atoms with E-state index in [9.17, 15) is 8.42 Å². The van der Waals surface area contributed by atoms with Crippen molar-refractivity contribution in [2.45, 2.75) is 24.1 Å². The van der Waals surface area contributed by atoms with Crippen LogP contribution >= 0.6 is 27.3 Å². The molecule has 17 heavy (non-hydrogen) atoms. The molecule has 2 heterocycles. The number of rotatable bonds is 2. The Bertz CT molecular complexity index is 493. The Morgan fingerprint density at radius 3 is 2.82 bits per heavy atom. The summed E-state index contributed by atoms with van der Waals surface area (Å²) in [5.41, 5.74) is 0.969. The van der Waals surface area contributed by atoms with Crippen molar-refractivity contribution in [1.82, 2.24) is 9.62 Å². The highest BCUT2D eigenvalue weighted by atomic mass is 79.9. The summed E-state index contributed by atoms with van der Waals surface area (Å²) in [6.07, 6.45) is 0. The molecule has 4 nitrogen and oxygen atoms in total. The van der Waals surface area contributed by atoms with Gasteiger partial charge in [0.05, 0.1) is 3.79 Å². The standard InChI is InChI=1S/C10H15BrN2O2S2/c1-7-5-9(16-10(7)11)17(14,15)13-4-3-12-8(2)6-13/h5,8,12H,3-4,6H2,1-2H3/t8-/m0/s1. The lowest BCUT2D eigenvalue weighted by Crippen LogP contribution is -2.51. The molecule has 0 bridgehead atoms. The zero-order valence-electron chi connectivity index (χ0n) is 9.73. The van der Waals surface area contributed by atoms with Gasteiger partial charge in [0.25, 0.3) is 10.0 Å². The molecule has 0 radical (unpaired) electrons. The van der Waals surface area contributed by atoms with Crippen molar-refractivity contribution >= 4 is 37.3 Å². The van der Waals surface area contributed by atoms with Crippen LogP contribution in [0, 0.1) is 6.92 Å². The largest absolute Gasteiger partial charge is 0.312 e. The van der Waals surface area contributed by atoms with Crippen LogP contribution in [-0.2, 0) is 10.0 Å². The minimum absolute atomic E-state index is 0.211. The Morgan fingerprint density at radius 1 is 1.59 bits per heavy atom. The van der Waals surface area contributed by atoms with Crippen LogP contribution in [0.4, 0.5) is 0 Å². The monoisotopic (exact) mass is 338 g/mol. The number of hydrogen-bond acceptors (Lipinski definition) is 4. The fourth-order valence-electron chi connectivity index (χ4n) is 1.80. The topological polar surface area (TPSA) is 49.4 Å². The van der Waals surface area contributed by atoms with E-state index >= 15 is 0 Å². The molecular weight excluding hydrogens is 324 g/mol. The van der Waals surface area contributed by atoms with Gasteiger partial charge in [-0.05, 0) is 41.4 Å². The predicted molar refractivity (Wildman–Crippen MR) is 73.0 cm³/mol. The summed E-state index contributed by atoms with van der Waals surface area (Å²) in [4.78, 5) is 0. The van der Waals surface area contributed by atoms with Gasteiger partial charge in [-0.25, -0.2) is 8.42 Å². The van der Waals surface area contributed by atoms with E-state index < -0.39 is 10.0 Å². The Labute approximate surface area is 114 Å². The van der Waals surface area contributed by atoms with Crippen LogP contribution in [0.2, 0.25) is 0 Å². The van der Waals surface area contributed by atoms with Crippen LogP contribution in [0.3, 0.4) is 0 Å². The molecule has 0 amide bonds. The molecule has 1 aromatic heterocycles. The summed E-state index contributed by atoms with van der Waals surface area (Å²) < 4.78 is 27.6. The number of piperazine rings is 1. The van der Waals surface area contributed by atoms with Gasteiger partial charge in [-0.15, -0.1) is 11.3 Å². The summed E-state index contributed by atoms with van der Waals surface area (Å²) in [6, 6.07) is 1.94. The molecule has 0 aliphatic carbocycles. The third-order valence-corrected chi connectivity index (χ3v) is 7.21. The third-order valence-electron chi connectivity index (χ3n) is 2.76. The van der Waals surface area contributed by atoms with E-state index in [0.717, 1.165) is 9.35 Å². The van der Waals surface area contributed by atoms with Crippen molar-refractivity contribution in [3.8, 4) is 0 Å². The van der Waals surface area contributed by atoms with Gasteiger partial charge in [0.1, 0.15) is 4.21 Å². The Balaban J connectivity index is 2.29. The average Bonchev–Trinajstić information content (AvgIpc) is 2.60. The summed E-state index contributed by atoms with van der Waals surface area (Å²) in [5, 5.41) is 3.24. The highest BCUT2D eigenvalue weighted by Gasteiger charge is 2.30. The highest BCUT2D eigenvalue weighted by Crippen LogP contribution is 2.32. The lowest BCUT2D eigenvalue weighted by molar-refractivity contribution is 0.311. The van der Waals surface area contributed by atoms with Crippen LogP contribution in [0.5, 0.6) is 0 Å². The molecular formula is C10H15BrN2O2S2. The molecule has 0 unspecified atom stereocenters. The Hall–Kier alpha value is 0.0500. The van der Waals surface area contributed by atoms with Crippen molar-refractivity contribution in [3.05, 3.63) is 15.4 Å². The number of nitrogens with one attached hydrogen (secondary N) is 1. The van der Waals surface area contributed by atoms with Crippen LogP contribution in [-0.4, -0.2) is 38.4 Å². The number of thiophene rings is 1. The van der Waals surface area contributed by atoms with Crippen LogP contribution in [0.1, 0.15) is 12.5 Å². The van der Waals surface area contributed by atoms with E-state index in [4.69, 9.17) is 0 Å². The normalized spacial score (nSPS) is 22.9. The van der Waals surface area contributed by atoms with E-state index in [1.165, 1.54) is 11.3 Å². The molecule has 2 rings (SSSR count). The van der Waals surface area contributed by atoms with Crippen molar-refractivity contribution in [2.24, 2.45) is 0 Å². The maximum atomic E-state index is 12.4. The number of sulfonamides is 1. The number of aryl methyl sites for hydroxylation is 1. The molecule has 0 spiro atoms. The van der Waals surface area contributed by atoms with Gasteiger partial charge in [0, 0.05) is 25.7 Å². The van der Waals surface area contributed by atoms with Gasteiger partial charge in [0.15, 0.2) is 0 Å². The second-order valence-electron chi connectivity index (χ2n) is 4.24. The minimum atomic E-state index is -3.31. The average molecular weight is 339 g/mol. The van der Waals surface area contributed by atoms with E-state index in [1.807, 2.05) is 13.8 Å². The zero-order valence-corrected chi connectivity index (χ0v) is 13.0. The molecule has 1 N–H and O–H groups in total. The van der Waals surface area contributed by atoms with Gasteiger partial charge in [-0.1, -0.05) is 0 Å². The van der Waals surface area contributed by atoms with Crippen LogP contribution < -0.4 is 5.32 Å².